The van der Waals surface area contributed by atoms with Gasteiger partial charge in [-0.15, -0.1) is 0 Å². The molecule has 2 nitrogen and oxygen atoms in total. The molecule has 0 aliphatic carbocycles. The number of nitrogens with zero attached hydrogens (tertiary/aromatic N) is 2. The summed E-state index contributed by atoms with van der Waals surface area (Å²) >= 11 is 0. The third-order valence-corrected chi connectivity index (χ3v) is 8.61. The second-order valence-electron chi connectivity index (χ2n) is 11.3. The lowest BCUT2D eigenvalue weighted by molar-refractivity contribution is 1.22. The van der Waals surface area contributed by atoms with Crippen molar-refractivity contribution in [2.45, 2.75) is 27.7 Å². The lowest BCUT2D eigenvalue weighted by Gasteiger charge is -2.18. The van der Waals surface area contributed by atoms with E-state index in [2.05, 4.69) is 131 Å². The molecule has 0 fully saturated rings. The molecule has 0 amide bonds. The SMILES string of the molecule is Cc1cnc(-c2cccc(-c3c(C)ccc(-c4cc5ncccc5c5ccc(-c6ccccc6)cc45)c3C)c2)cc1C. The molecule has 2 heteroatoms. The fraction of sp³-hybridized carbons (Fsp3) is 0.100. The molecule has 5 aromatic carbocycles. The maximum absolute atomic E-state index is 4.78. The molecule has 2 aromatic heterocycles. The zero-order chi connectivity index (χ0) is 28.8. The second-order valence-corrected chi connectivity index (χ2v) is 11.3. The summed E-state index contributed by atoms with van der Waals surface area (Å²) in [5.74, 6) is 0. The van der Waals surface area contributed by atoms with E-state index in [0.717, 1.165) is 16.8 Å². The zero-order valence-electron chi connectivity index (χ0n) is 24.4. The van der Waals surface area contributed by atoms with Crippen LogP contribution in [-0.2, 0) is 0 Å². The van der Waals surface area contributed by atoms with Gasteiger partial charge in [0.15, 0.2) is 0 Å². The minimum absolute atomic E-state index is 1.01. The molecular weight excluding hydrogens is 508 g/mol. The van der Waals surface area contributed by atoms with Crippen LogP contribution in [0.1, 0.15) is 22.3 Å². The highest BCUT2D eigenvalue weighted by atomic mass is 14.7. The monoisotopic (exact) mass is 540 g/mol. The summed E-state index contributed by atoms with van der Waals surface area (Å²) in [5, 5.41) is 3.64. The largest absolute Gasteiger partial charge is 0.256 e. The first-order valence-corrected chi connectivity index (χ1v) is 14.5. The van der Waals surface area contributed by atoms with Gasteiger partial charge in [-0.1, -0.05) is 78.9 Å². The van der Waals surface area contributed by atoms with Crippen molar-refractivity contribution in [3.8, 4) is 44.6 Å². The molecule has 0 radical (unpaired) electrons. The standard InChI is InChI=1S/C40H32N2/c1-25-15-17-33(28(4)40(25)32-13-8-12-31(21-32)38-20-26(2)27(3)24-42-38)37-23-39-35(14-9-19-41-39)34-18-16-30(22-36(34)37)29-10-6-5-7-11-29/h5-24H,1-4H3. The van der Waals surface area contributed by atoms with E-state index < -0.39 is 0 Å². The summed E-state index contributed by atoms with van der Waals surface area (Å²) < 4.78 is 0. The van der Waals surface area contributed by atoms with Crippen LogP contribution >= 0.6 is 0 Å². The molecule has 0 aliphatic rings. The van der Waals surface area contributed by atoms with Crippen LogP contribution in [0.2, 0.25) is 0 Å². The highest BCUT2D eigenvalue weighted by molar-refractivity contribution is 6.14. The van der Waals surface area contributed by atoms with Gasteiger partial charge in [0.2, 0.25) is 0 Å². The van der Waals surface area contributed by atoms with Crippen molar-refractivity contribution in [3.63, 3.8) is 0 Å². The summed E-state index contributed by atoms with van der Waals surface area (Å²) in [7, 11) is 0. The fourth-order valence-corrected chi connectivity index (χ4v) is 6.21. The Morgan fingerprint density at radius 2 is 1.26 bits per heavy atom. The molecule has 7 aromatic rings. The van der Waals surface area contributed by atoms with E-state index in [0.29, 0.717) is 0 Å². The first-order chi connectivity index (χ1) is 20.5. The predicted octanol–water partition coefficient (Wildman–Crippen LogP) is 10.7. The number of aryl methyl sites for hydroxylation is 3. The molecule has 0 unspecified atom stereocenters. The van der Waals surface area contributed by atoms with Gasteiger partial charge in [0, 0.05) is 23.3 Å². The second kappa shape index (κ2) is 10.4. The maximum atomic E-state index is 4.78. The Kier molecular flexibility index (Phi) is 6.40. The Labute approximate surface area is 247 Å². The molecule has 0 N–H and O–H groups in total. The van der Waals surface area contributed by atoms with Crippen molar-refractivity contribution in [3.05, 3.63) is 144 Å². The summed E-state index contributed by atoms with van der Waals surface area (Å²) in [4.78, 5) is 9.52. The van der Waals surface area contributed by atoms with Crippen LogP contribution in [0.3, 0.4) is 0 Å². The molecule has 2 heterocycles. The van der Waals surface area contributed by atoms with E-state index in [-0.39, 0.29) is 0 Å². The van der Waals surface area contributed by atoms with Crippen molar-refractivity contribution in [1.29, 1.82) is 0 Å². The van der Waals surface area contributed by atoms with Gasteiger partial charge in [-0.25, -0.2) is 0 Å². The van der Waals surface area contributed by atoms with Crippen LogP contribution in [0, 0.1) is 27.7 Å². The minimum atomic E-state index is 1.01. The summed E-state index contributed by atoms with van der Waals surface area (Å²) in [6.07, 6.45) is 3.85. The number of aromatic nitrogens is 2. The van der Waals surface area contributed by atoms with E-state index in [1.54, 1.807) is 0 Å². The van der Waals surface area contributed by atoms with E-state index in [1.807, 2.05) is 18.5 Å². The summed E-state index contributed by atoms with van der Waals surface area (Å²) in [6.45, 7) is 8.72. The predicted molar refractivity (Wildman–Crippen MR) is 178 cm³/mol. The van der Waals surface area contributed by atoms with Gasteiger partial charge in [-0.3, -0.25) is 9.97 Å². The van der Waals surface area contributed by atoms with E-state index in [4.69, 9.17) is 9.97 Å². The lowest BCUT2D eigenvalue weighted by Crippen LogP contribution is -1.95. The number of hydrogen-bond acceptors (Lipinski definition) is 2. The van der Waals surface area contributed by atoms with Crippen molar-refractivity contribution in [2.24, 2.45) is 0 Å². The highest BCUT2D eigenvalue weighted by Crippen LogP contribution is 2.41. The average Bonchev–Trinajstić information content (AvgIpc) is 3.02. The molecule has 0 saturated heterocycles. The van der Waals surface area contributed by atoms with Crippen LogP contribution in [0.15, 0.2) is 122 Å². The number of rotatable bonds is 4. The van der Waals surface area contributed by atoms with Crippen LogP contribution in [0.5, 0.6) is 0 Å². The third kappa shape index (κ3) is 4.46. The van der Waals surface area contributed by atoms with Gasteiger partial charge in [-0.2, -0.15) is 0 Å². The van der Waals surface area contributed by atoms with Gasteiger partial charge in [-0.05, 0) is 124 Å². The molecule has 202 valence electrons. The quantitative estimate of drug-likeness (QED) is 0.208. The fourth-order valence-electron chi connectivity index (χ4n) is 6.21. The van der Waals surface area contributed by atoms with Gasteiger partial charge in [0.1, 0.15) is 0 Å². The van der Waals surface area contributed by atoms with E-state index in [9.17, 15) is 0 Å². The van der Waals surface area contributed by atoms with Crippen LogP contribution in [0.25, 0.3) is 66.3 Å². The van der Waals surface area contributed by atoms with Crippen LogP contribution in [-0.4, -0.2) is 9.97 Å². The number of hydrogen-bond donors (Lipinski definition) is 0. The van der Waals surface area contributed by atoms with Gasteiger partial charge in [0.25, 0.3) is 0 Å². The smallest absolute Gasteiger partial charge is 0.0714 e. The van der Waals surface area contributed by atoms with Crippen molar-refractivity contribution < 1.29 is 0 Å². The number of pyridine rings is 2. The number of benzene rings is 5. The van der Waals surface area contributed by atoms with Crippen LogP contribution in [0.4, 0.5) is 0 Å². The molecule has 0 aliphatic heterocycles. The van der Waals surface area contributed by atoms with Gasteiger partial charge in [0.05, 0.1) is 11.2 Å². The van der Waals surface area contributed by atoms with Crippen molar-refractivity contribution >= 4 is 21.7 Å². The minimum Gasteiger partial charge on any atom is -0.256 e. The van der Waals surface area contributed by atoms with Crippen molar-refractivity contribution in [2.75, 3.05) is 0 Å². The molecule has 42 heavy (non-hydrogen) atoms. The topological polar surface area (TPSA) is 25.8 Å². The molecule has 7 rings (SSSR count). The van der Waals surface area contributed by atoms with Crippen molar-refractivity contribution in [1.82, 2.24) is 9.97 Å². The molecule has 0 spiro atoms. The Hall–Kier alpha value is -5.08. The first kappa shape index (κ1) is 25.9. The lowest BCUT2D eigenvalue weighted by atomic mass is 9.86. The maximum Gasteiger partial charge on any atom is 0.0714 e. The molecule has 0 saturated carbocycles. The third-order valence-electron chi connectivity index (χ3n) is 8.61. The Bertz CT molecular complexity index is 2120. The molecule has 0 bridgehead atoms. The molecular formula is C40H32N2. The first-order valence-electron chi connectivity index (χ1n) is 14.5. The Morgan fingerprint density at radius 1 is 0.452 bits per heavy atom. The molecule has 0 atom stereocenters. The van der Waals surface area contributed by atoms with E-state index in [1.165, 1.54) is 71.8 Å². The average molecular weight is 541 g/mol. The number of fused-ring (bicyclic) bond motifs is 3. The van der Waals surface area contributed by atoms with Gasteiger partial charge >= 0.3 is 0 Å². The van der Waals surface area contributed by atoms with Crippen LogP contribution < -0.4 is 0 Å². The van der Waals surface area contributed by atoms with Gasteiger partial charge < -0.3 is 0 Å². The Balaban J connectivity index is 1.45. The highest BCUT2D eigenvalue weighted by Gasteiger charge is 2.17. The zero-order valence-corrected chi connectivity index (χ0v) is 24.4. The summed E-state index contributed by atoms with van der Waals surface area (Å²) in [5.41, 5.74) is 15.5. The summed E-state index contributed by atoms with van der Waals surface area (Å²) in [6, 6.07) is 39.5. The van der Waals surface area contributed by atoms with E-state index >= 15 is 0 Å². The normalized spacial score (nSPS) is 11.3. The Morgan fingerprint density at radius 3 is 2.10 bits per heavy atom.